The molecule has 1 aromatic rings. The van der Waals surface area contributed by atoms with Gasteiger partial charge in [-0.25, -0.2) is 9.78 Å². The molecule has 0 aliphatic rings. The Kier molecular flexibility index (Phi) is 5.60. The first-order valence-electron chi connectivity index (χ1n) is 6.58. The van der Waals surface area contributed by atoms with Gasteiger partial charge in [0, 0.05) is 6.04 Å². The van der Waals surface area contributed by atoms with Gasteiger partial charge in [0.15, 0.2) is 0 Å². The summed E-state index contributed by atoms with van der Waals surface area (Å²) in [5, 5.41) is 3.28. The fraction of sp³-hybridized carbons (Fsp3) is 0.571. The van der Waals surface area contributed by atoms with Crippen LogP contribution in [0.25, 0.3) is 0 Å². The quantitative estimate of drug-likeness (QED) is 0.773. The van der Waals surface area contributed by atoms with Crippen LogP contribution in [-0.2, 0) is 4.74 Å². The summed E-state index contributed by atoms with van der Waals surface area (Å²) >= 11 is 0. The molecule has 0 radical (unpaired) electrons. The largest absolute Gasteiger partial charge is 0.465 e. The van der Waals surface area contributed by atoms with Gasteiger partial charge in [-0.05, 0) is 25.3 Å². The summed E-state index contributed by atoms with van der Waals surface area (Å²) < 4.78 is 4.68. The summed E-state index contributed by atoms with van der Waals surface area (Å²) in [6, 6.07) is 1.92. The monoisotopic (exact) mass is 265 g/mol. The summed E-state index contributed by atoms with van der Waals surface area (Å²) in [6.45, 7) is 6.49. The zero-order chi connectivity index (χ0) is 14.4. The number of ether oxygens (including phenoxy) is 1. The molecule has 0 bridgehead atoms. The summed E-state index contributed by atoms with van der Waals surface area (Å²) in [5.41, 5.74) is 6.38. The predicted molar refractivity (Wildman–Crippen MR) is 77.1 cm³/mol. The highest BCUT2D eigenvalue weighted by molar-refractivity contribution is 5.95. The van der Waals surface area contributed by atoms with Gasteiger partial charge in [0.2, 0.25) is 0 Å². The normalized spacial score (nSPS) is 13.7. The molecule has 0 aliphatic heterocycles. The van der Waals surface area contributed by atoms with Gasteiger partial charge in [-0.1, -0.05) is 20.3 Å². The second-order valence-electron chi connectivity index (χ2n) is 4.94. The zero-order valence-corrected chi connectivity index (χ0v) is 12.1. The van der Waals surface area contributed by atoms with E-state index < -0.39 is 5.97 Å². The Labute approximate surface area is 114 Å². The number of carbonyl (C=O) groups excluding carboxylic acids is 1. The maximum absolute atomic E-state index is 11.5. The number of nitrogen functional groups attached to an aromatic ring is 1. The maximum atomic E-state index is 11.5. The van der Waals surface area contributed by atoms with Crippen molar-refractivity contribution in [2.24, 2.45) is 5.92 Å². The Morgan fingerprint density at radius 2 is 2.21 bits per heavy atom. The lowest BCUT2D eigenvalue weighted by Gasteiger charge is -2.18. The number of rotatable bonds is 6. The van der Waals surface area contributed by atoms with Crippen LogP contribution < -0.4 is 11.1 Å². The molecule has 0 aliphatic carbocycles. The Morgan fingerprint density at radius 1 is 1.53 bits per heavy atom. The number of hydrogen-bond donors (Lipinski definition) is 2. The highest BCUT2D eigenvalue weighted by Gasteiger charge is 2.13. The third-order valence-corrected chi connectivity index (χ3v) is 3.19. The van der Waals surface area contributed by atoms with Crippen molar-refractivity contribution in [3.05, 3.63) is 17.8 Å². The summed E-state index contributed by atoms with van der Waals surface area (Å²) in [4.78, 5) is 15.7. The minimum absolute atomic E-state index is 0.288. The highest BCUT2D eigenvalue weighted by Crippen LogP contribution is 2.18. The van der Waals surface area contributed by atoms with E-state index in [1.54, 1.807) is 6.07 Å². The van der Waals surface area contributed by atoms with E-state index in [0.29, 0.717) is 23.0 Å². The van der Waals surface area contributed by atoms with Gasteiger partial charge < -0.3 is 15.8 Å². The lowest BCUT2D eigenvalue weighted by Crippen LogP contribution is -2.19. The van der Waals surface area contributed by atoms with E-state index in [9.17, 15) is 4.79 Å². The van der Waals surface area contributed by atoms with E-state index in [1.165, 1.54) is 13.3 Å². The number of aromatic nitrogens is 1. The molecular weight excluding hydrogens is 242 g/mol. The van der Waals surface area contributed by atoms with Crippen molar-refractivity contribution >= 4 is 17.5 Å². The van der Waals surface area contributed by atoms with Crippen LogP contribution in [0.2, 0.25) is 0 Å². The van der Waals surface area contributed by atoms with Gasteiger partial charge in [-0.3, -0.25) is 0 Å². The molecule has 2 unspecified atom stereocenters. The van der Waals surface area contributed by atoms with E-state index in [0.717, 1.165) is 12.8 Å². The van der Waals surface area contributed by atoms with Gasteiger partial charge >= 0.3 is 5.97 Å². The van der Waals surface area contributed by atoms with Crippen LogP contribution in [-0.4, -0.2) is 24.1 Å². The lowest BCUT2D eigenvalue weighted by atomic mass is 10.0. The molecule has 0 saturated heterocycles. The molecule has 19 heavy (non-hydrogen) atoms. The van der Waals surface area contributed by atoms with Crippen LogP contribution in [0.3, 0.4) is 0 Å². The van der Waals surface area contributed by atoms with E-state index in [4.69, 9.17) is 5.73 Å². The van der Waals surface area contributed by atoms with Crippen LogP contribution >= 0.6 is 0 Å². The standard InChI is InChI=1S/C14H23N3O2/c1-5-9(2)6-10(3)17-13-7-11(14(18)19-4)12(15)8-16-13/h7-10H,5-6,15H2,1-4H3,(H,16,17). The van der Waals surface area contributed by atoms with Crippen molar-refractivity contribution in [3.63, 3.8) is 0 Å². The zero-order valence-electron chi connectivity index (χ0n) is 12.1. The van der Waals surface area contributed by atoms with Crippen molar-refractivity contribution in [1.82, 2.24) is 4.98 Å². The van der Waals surface area contributed by atoms with Crippen LogP contribution in [0, 0.1) is 5.92 Å². The first-order chi connectivity index (χ1) is 8.97. The molecule has 2 atom stereocenters. The Balaban J connectivity index is 2.77. The predicted octanol–water partition coefficient (Wildman–Crippen LogP) is 2.69. The van der Waals surface area contributed by atoms with Gasteiger partial charge in [-0.15, -0.1) is 0 Å². The van der Waals surface area contributed by atoms with Gasteiger partial charge in [0.1, 0.15) is 5.82 Å². The van der Waals surface area contributed by atoms with Crippen molar-refractivity contribution in [2.45, 2.75) is 39.7 Å². The second-order valence-corrected chi connectivity index (χ2v) is 4.94. The Bertz CT molecular complexity index is 435. The maximum Gasteiger partial charge on any atom is 0.340 e. The molecular formula is C14H23N3O2. The van der Waals surface area contributed by atoms with E-state index >= 15 is 0 Å². The van der Waals surface area contributed by atoms with Gasteiger partial charge in [0.25, 0.3) is 0 Å². The number of nitrogens with zero attached hydrogens (tertiary/aromatic N) is 1. The molecule has 1 rings (SSSR count). The van der Waals surface area contributed by atoms with Gasteiger partial charge in [0.05, 0.1) is 24.6 Å². The number of nitrogens with two attached hydrogens (primary N) is 1. The molecule has 1 heterocycles. The average Bonchev–Trinajstić information content (AvgIpc) is 2.39. The molecule has 3 N–H and O–H groups in total. The minimum Gasteiger partial charge on any atom is -0.465 e. The van der Waals surface area contributed by atoms with Gasteiger partial charge in [-0.2, -0.15) is 0 Å². The molecule has 0 amide bonds. The van der Waals surface area contributed by atoms with E-state index in [1.807, 2.05) is 0 Å². The SMILES string of the molecule is CCC(C)CC(C)Nc1cc(C(=O)OC)c(N)cn1. The summed E-state index contributed by atoms with van der Waals surface area (Å²) in [7, 11) is 1.33. The highest BCUT2D eigenvalue weighted by atomic mass is 16.5. The number of esters is 1. The van der Waals surface area contributed by atoms with E-state index in [-0.39, 0.29) is 6.04 Å². The molecule has 0 fully saturated rings. The second kappa shape index (κ2) is 6.97. The Hall–Kier alpha value is -1.78. The van der Waals surface area contributed by atoms with Crippen molar-refractivity contribution in [3.8, 4) is 0 Å². The number of hydrogen-bond acceptors (Lipinski definition) is 5. The van der Waals surface area contributed by atoms with Crippen molar-refractivity contribution < 1.29 is 9.53 Å². The average molecular weight is 265 g/mol. The molecule has 0 aromatic carbocycles. The minimum atomic E-state index is -0.447. The topological polar surface area (TPSA) is 77.2 Å². The number of methoxy groups -OCH3 is 1. The first-order valence-corrected chi connectivity index (χ1v) is 6.58. The molecule has 0 saturated carbocycles. The number of nitrogens with one attached hydrogen (secondary N) is 1. The molecule has 1 aromatic heterocycles. The summed E-state index contributed by atoms with van der Waals surface area (Å²) in [5.74, 6) is 0.847. The fourth-order valence-corrected chi connectivity index (χ4v) is 1.91. The third kappa shape index (κ3) is 4.43. The first kappa shape index (κ1) is 15.3. The van der Waals surface area contributed by atoms with Crippen LogP contribution in [0.1, 0.15) is 44.0 Å². The summed E-state index contributed by atoms with van der Waals surface area (Å²) in [6.07, 6.45) is 3.68. The fourth-order valence-electron chi connectivity index (χ4n) is 1.91. The van der Waals surface area contributed by atoms with Crippen molar-refractivity contribution in [2.75, 3.05) is 18.2 Å². The molecule has 5 nitrogen and oxygen atoms in total. The number of carbonyl (C=O) groups is 1. The van der Waals surface area contributed by atoms with E-state index in [2.05, 4.69) is 35.8 Å². The Morgan fingerprint density at radius 3 is 2.79 bits per heavy atom. The van der Waals surface area contributed by atoms with Crippen LogP contribution in [0.4, 0.5) is 11.5 Å². The number of anilines is 2. The van der Waals surface area contributed by atoms with Crippen LogP contribution in [0.5, 0.6) is 0 Å². The smallest absolute Gasteiger partial charge is 0.340 e. The lowest BCUT2D eigenvalue weighted by molar-refractivity contribution is 0.0602. The molecule has 0 spiro atoms. The van der Waals surface area contributed by atoms with Crippen LogP contribution in [0.15, 0.2) is 12.3 Å². The van der Waals surface area contributed by atoms with Crippen molar-refractivity contribution in [1.29, 1.82) is 0 Å². The molecule has 5 heteroatoms. The number of pyridine rings is 1. The third-order valence-electron chi connectivity index (χ3n) is 3.19. The molecule has 106 valence electrons.